The molecule has 0 aliphatic carbocycles. The predicted molar refractivity (Wildman–Crippen MR) is 73.7 cm³/mol. The fourth-order valence-electron chi connectivity index (χ4n) is 1.33. The monoisotopic (exact) mass is 291 g/mol. The molecule has 0 atom stereocenters. The van der Waals surface area contributed by atoms with Gasteiger partial charge in [-0.3, -0.25) is 0 Å². The van der Waals surface area contributed by atoms with Gasteiger partial charge in [0.1, 0.15) is 5.75 Å². The molecule has 0 heterocycles. The Bertz CT molecular complexity index is 526. The Labute approximate surface area is 113 Å². The zero-order valence-electron chi connectivity index (χ0n) is 10.7. The number of aromatic hydroxyl groups is 1. The molecule has 18 heavy (non-hydrogen) atoms. The van der Waals surface area contributed by atoms with Gasteiger partial charge in [0.15, 0.2) is 9.84 Å². The minimum absolute atomic E-state index is 0.0313. The number of para-hydroxylation sites is 1. The van der Waals surface area contributed by atoms with Crippen molar-refractivity contribution >= 4 is 21.4 Å². The van der Waals surface area contributed by atoms with Gasteiger partial charge in [0.25, 0.3) is 0 Å². The SMILES string of the molecule is CC(C)(CNCc1cccc(Cl)c1O)S(C)(=O)=O. The normalized spacial score (nSPS) is 12.7. The first-order chi connectivity index (χ1) is 8.15. The van der Waals surface area contributed by atoms with Crippen molar-refractivity contribution in [2.24, 2.45) is 0 Å². The van der Waals surface area contributed by atoms with E-state index in [4.69, 9.17) is 11.6 Å². The minimum atomic E-state index is -3.13. The van der Waals surface area contributed by atoms with Crippen LogP contribution < -0.4 is 5.32 Å². The first-order valence-electron chi connectivity index (χ1n) is 5.52. The number of nitrogens with one attached hydrogen (secondary N) is 1. The van der Waals surface area contributed by atoms with Gasteiger partial charge in [-0.15, -0.1) is 0 Å². The lowest BCUT2D eigenvalue weighted by atomic mass is 10.1. The third-order valence-electron chi connectivity index (χ3n) is 2.94. The number of phenols is 1. The van der Waals surface area contributed by atoms with E-state index in [0.29, 0.717) is 18.7 Å². The highest BCUT2D eigenvalue weighted by atomic mass is 35.5. The molecule has 6 heteroatoms. The second-order valence-electron chi connectivity index (χ2n) is 4.88. The quantitative estimate of drug-likeness (QED) is 0.870. The summed E-state index contributed by atoms with van der Waals surface area (Å²) in [4.78, 5) is 0. The van der Waals surface area contributed by atoms with E-state index in [1.54, 1.807) is 32.0 Å². The Balaban J connectivity index is 2.66. The summed E-state index contributed by atoms with van der Waals surface area (Å²) in [5, 5.41) is 13.0. The van der Waals surface area contributed by atoms with E-state index < -0.39 is 14.6 Å². The molecule has 0 saturated carbocycles. The van der Waals surface area contributed by atoms with Gasteiger partial charge in [0, 0.05) is 24.9 Å². The summed E-state index contributed by atoms with van der Waals surface area (Å²) in [5.41, 5.74) is 0.645. The molecule has 4 nitrogen and oxygen atoms in total. The summed E-state index contributed by atoms with van der Waals surface area (Å²) >= 11 is 5.78. The number of halogens is 1. The maximum absolute atomic E-state index is 11.5. The highest BCUT2D eigenvalue weighted by Crippen LogP contribution is 2.26. The van der Waals surface area contributed by atoms with Crippen LogP contribution in [0.5, 0.6) is 5.75 Å². The van der Waals surface area contributed by atoms with Gasteiger partial charge < -0.3 is 10.4 Å². The van der Waals surface area contributed by atoms with E-state index in [-0.39, 0.29) is 10.8 Å². The molecular formula is C12H18ClNO3S. The summed E-state index contributed by atoms with van der Waals surface area (Å²) in [7, 11) is -3.13. The molecule has 0 fully saturated rings. The molecule has 0 amide bonds. The predicted octanol–water partition coefficient (Wildman–Crippen LogP) is 1.96. The van der Waals surface area contributed by atoms with E-state index in [1.165, 1.54) is 6.26 Å². The number of hydrogen-bond acceptors (Lipinski definition) is 4. The minimum Gasteiger partial charge on any atom is -0.506 e. The highest BCUT2D eigenvalue weighted by Gasteiger charge is 2.29. The molecule has 0 bridgehead atoms. The van der Waals surface area contributed by atoms with Crippen molar-refractivity contribution < 1.29 is 13.5 Å². The topological polar surface area (TPSA) is 66.4 Å². The molecule has 0 unspecified atom stereocenters. The van der Waals surface area contributed by atoms with Crippen LogP contribution >= 0.6 is 11.6 Å². The van der Waals surface area contributed by atoms with Crippen LogP contribution in [0.4, 0.5) is 0 Å². The smallest absolute Gasteiger partial charge is 0.153 e. The number of rotatable bonds is 5. The van der Waals surface area contributed by atoms with Crippen molar-refractivity contribution in [3.63, 3.8) is 0 Å². The maximum Gasteiger partial charge on any atom is 0.153 e. The van der Waals surface area contributed by atoms with Gasteiger partial charge in [-0.2, -0.15) is 0 Å². The number of hydrogen-bond donors (Lipinski definition) is 2. The standard InChI is InChI=1S/C12H18ClNO3S/c1-12(2,18(3,16)17)8-14-7-9-5-4-6-10(13)11(9)15/h4-6,14-15H,7-8H2,1-3H3. The van der Waals surface area contributed by atoms with E-state index in [2.05, 4.69) is 5.32 Å². The third kappa shape index (κ3) is 3.60. The number of sulfone groups is 1. The van der Waals surface area contributed by atoms with Crippen LogP contribution in [0.25, 0.3) is 0 Å². The van der Waals surface area contributed by atoms with Gasteiger partial charge in [0.05, 0.1) is 9.77 Å². The molecule has 102 valence electrons. The van der Waals surface area contributed by atoms with E-state index in [0.717, 1.165) is 0 Å². The van der Waals surface area contributed by atoms with Crippen LogP contribution in [0.2, 0.25) is 5.02 Å². The summed E-state index contributed by atoms with van der Waals surface area (Å²) in [6, 6.07) is 5.07. The van der Waals surface area contributed by atoms with Crippen LogP contribution in [0.1, 0.15) is 19.4 Å². The fraction of sp³-hybridized carbons (Fsp3) is 0.500. The summed E-state index contributed by atoms with van der Waals surface area (Å²) in [6.07, 6.45) is 1.21. The van der Waals surface area contributed by atoms with Gasteiger partial charge in [-0.25, -0.2) is 8.42 Å². The Morgan fingerprint density at radius 2 is 2.00 bits per heavy atom. The van der Waals surface area contributed by atoms with E-state index in [1.807, 2.05) is 0 Å². The lowest BCUT2D eigenvalue weighted by Crippen LogP contribution is -2.41. The molecule has 0 aliphatic rings. The average molecular weight is 292 g/mol. The molecule has 1 aromatic carbocycles. The fourth-order valence-corrected chi connectivity index (χ4v) is 1.89. The third-order valence-corrected chi connectivity index (χ3v) is 5.40. The van der Waals surface area contributed by atoms with Crippen molar-refractivity contribution in [1.82, 2.24) is 5.32 Å². The van der Waals surface area contributed by atoms with Crippen LogP contribution in [0.15, 0.2) is 18.2 Å². The molecule has 0 radical (unpaired) electrons. The Morgan fingerprint density at radius 1 is 1.39 bits per heavy atom. The number of benzene rings is 1. The summed E-state index contributed by atoms with van der Waals surface area (Å²) in [6.45, 7) is 3.99. The van der Waals surface area contributed by atoms with Crippen molar-refractivity contribution in [2.45, 2.75) is 25.1 Å². The van der Waals surface area contributed by atoms with Gasteiger partial charge >= 0.3 is 0 Å². The van der Waals surface area contributed by atoms with Gasteiger partial charge in [0.2, 0.25) is 0 Å². The van der Waals surface area contributed by atoms with Crippen LogP contribution in [0, 0.1) is 0 Å². The van der Waals surface area contributed by atoms with E-state index in [9.17, 15) is 13.5 Å². The Hall–Kier alpha value is -0.780. The maximum atomic E-state index is 11.5. The molecule has 1 aromatic rings. The molecule has 0 aliphatic heterocycles. The first-order valence-corrected chi connectivity index (χ1v) is 7.79. The molecule has 0 saturated heterocycles. The average Bonchev–Trinajstić information content (AvgIpc) is 2.22. The highest BCUT2D eigenvalue weighted by molar-refractivity contribution is 7.92. The Morgan fingerprint density at radius 3 is 2.56 bits per heavy atom. The first kappa shape index (κ1) is 15.3. The van der Waals surface area contributed by atoms with Crippen LogP contribution in [-0.4, -0.2) is 31.1 Å². The van der Waals surface area contributed by atoms with Crippen molar-refractivity contribution in [3.8, 4) is 5.75 Å². The second kappa shape index (κ2) is 5.47. The molecule has 0 spiro atoms. The van der Waals surface area contributed by atoms with Gasteiger partial charge in [-0.1, -0.05) is 23.7 Å². The zero-order chi connectivity index (χ0) is 14.0. The van der Waals surface area contributed by atoms with Gasteiger partial charge in [-0.05, 0) is 19.9 Å². The number of phenolic OH excluding ortho intramolecular Hbond substituents is 1. The zero-order valence-corrected chi connectivity index (χ0v) is 12.3. The summed E-state index contributed by atoms with van der Waals surface area (Å²) < 4.78 is 22.2. The molecule has 0 aromatic heterocycles. The van der Waals surface area contributed by atoms with Crippen LogP contribution in [-0.2, 0) is 16.4 Å². The van der Waals surface area contributed by atoms with Crippen LogP contribution in [0.3, 0.4) is 0 Å². The summed E-state index contributed by atoms with van der Waals surface area (Å²) in [5.74, 6) is 0.0313. The molecule has 2 N–H and O–H groups in total. The lowest BCUT2D eigenvalue weighted by Gasteiger charge is -2.23. The van der Waals surface area contributed by atoms with Crippen molar-refractivity contribution in [2.75, 3.05) is 12.8 Å². The molecule has 1 rings (SSSR count). The van der Waals surface area contributed by atoms with Crippen molar-refractivity contribution in [1.29, 1.82) is 0 Å². The Kier molecular flexibility index (Phi) is 4.64. The lowest BCUT2D eigenvalue weighted by molar-refractivity contribution is 0.461. The van der Waals surface area contributed by atoms with E-state index >= 15 is 0 Å². The largest absolute Gasteiger partial charge is 0.506 e. The second-order valence-corrected chi connectivity index (χ2v) is 7.94. The molecular weight excluding hydrogens is 274 g/mol. The van der Waals surface area contributed by atoms with Crippen molar-refractivity contribution in [3.05, 3.63) is 28.8 Å².